The number of hydrogen-bond donors (Lipinski definition) is 1. The fourth-order valence-electron chi connectivity index (χ4n) is 2.47. The van der Waals surface area contributed by atoms with Crippen LogP contribution in [0.3, 0.4) is 0 Å². The lowest BCUT2D eigenvalue weighted by molar-refractivity contribution is -0.384. The van der Waals surface area contributed by atoms with Crippen LogP contribution in [0.1, 0.15) is 35.5 Å². The molecule has 3 aromatic rings. The number of benzene rings is 1. The maximum atomic E-state index is 10.8. The molecule has 0 aliphatic carbocycles. The van der Waals surface area contributed by atoms with E-state index in [1.54, 1.807) is 23.5 Å². The van der Waals surface area contributed by atoms with Gasteiger partial charge in [0.1, 0.15) is 10.8 Å². The van der Waals surface area contributed by atoms with Crippen LogP contribution in [0.15, 0.2) is 36.5 Å². The Kier molecular flexibility index (Phi) is 5.22. The highest BCUT2D eigenvalue weighted by Crippen LogP contribution is 2.25. The minimum atomic E-state index is -0.419. The molecular formula is C18H19N5O2S. The molecule has 2 heterocycles. The lowest BCUT2D eigenvalue weighted by atomic mass is 10.2. The zero-order valence-electron chi connectivity index (χ0n) is 14.8. The molecule has 0 amide bonds. The van der Waals surface area contributed by atoms with Crippen molar-refractivity contribution in [1.29, 1.82) is 0 Å². The summed E-state index contributed by atoms with van der Waals surface area (Å²) in [6.45, 7) is 6.09. The summed E-state index contributed by atoms with van der Waals surface area (Å²) in [5.41, 5.74) is 1.69. The number of nitro groups is 1. The molecule has 0 aliphatic heterocycles. The Morgan fingerprint density at radius 3 is 2.58 bits per heavy atom. The quantitative estimate of drug-likeness (QED) is 0.506. The van der Waals surface area contributed by atoms with E-state index in [1.165, 1.54) is 12.1 Å². The van der Waals surface area contributed by atoms with Crippen molar-refractivity contribution in [2.24, 2.45) is 0 Å². The van der Waals surface area contributed by atoms with Crippen LogP contribution < -0.4 is 5.32 Å². The highest BCUT2D eigenvalue weighted by atomic mass is 32.1. The van der Waals surface area contributed by atoms with E-state index in [1.807, 2.05) is 33.0 Å². The molecule has 0 aliphatic rings. The third kappa shape index (κ3) is 4.02. The molecule has 134 valence electrons. The SMILES string of the molecule is CCc1cc(NC(C)c2ncc(C)s2)nc(-c2ccc([N+](=O)[O-])cc2)n1. The molecule has 1 N–H and O–H groups in total. The van der Waals surface area contributed by atoms with Crippen molar-refractivity contribution in [3.63, 3.8) is 0 Å². The zero-order valence-corrected chi connectivity index (χ0v) is 15.6. The smallest absolute Gasteiger partial charge is 0.269 e. The van der Waals surface area contributed by atoms with E-state index in [2.05, 4.69) is 20.3 Å². The van der Waals surface area contributed by atoms with Crippen LogP contribution in [-0.4, -0.2) is 19.9 Å². The van der Waals surface area contributed by atoms with Gasteiger partial charge in [0.2, 0.25) is 0 Å². The molecule has 0 radical (unpaired) electrons. The average Bonchev–Trinajstić information content (AvgIpc) is 3.08. The van der Waals surface area contributed by atoms with Gasteiger partial charge in [-0.2, -0.15) is 0 Å². The van der Waals surface area contributed by atoms with Crippen molar-refractivity contribution in [2.45, 2.75) is 33.2 Å². The molecule has 8 heteroatoms. The molecule has 1 aromatic carbocycles. The van der Waals surface area contributed by atoms with E-state index in [-0.39, 0.29) is 11.7 Å². The Labute approximate surface area is 155 Å². The maximum Gasteiger partial charge on any atom is 0.269 e. The van der Waals surface area contributed by atoms with Gasteiger partial charge in [0.05, 0.1) is 11.0 Å². The summed E-state index contributed by atoms with van der Waals surface area (Å²) >= 11 is 1.65. The Hall–Kier alpha value is -2.87. The van der Waals surface area contributed by atoms with E-state index in [9.17, 15) is 10.1 Å². The summed E-state index contributed by atoms with van der Waals surface area (Å²) in [4.78, 5) is 25.1. The number of hydrogen-bond acceptors (Lipinski definition) is 7. The summed E-state index contributed by atoms with van der Waals surface area (Å²) in [6, 6.07) is 8.22. The van der Waals surface area contributed by atoms with Gasteiger partial charge < -0.3 is 5.32 Å². The largest absolute Gasteiger partial charge is 0.361 e. The molecule has 0 saturated heterocycles. The van der Waals surface area contributed by atoms with E-state index in [4.69, 9.17) is 0 Å². The molecule has 0 fully saturated rings. The second-order valence-electron chi connectivity index (χ2n) is 5.90. The predicted molar refractivity (Wildman–Crippen MR) is 102 cm³/mol. The minimum absolute atomic E-state index is 0.0259. The van der Waals surface area contributed by atoms with Crippen LogP contribution in [-0.2, 0) is 6.42 Å². The first-order valence-electron chi connectivity index (χ1n) is 8.28. The number of nitrogens with one attached hydrogen (secondary N) is 1. The highest BCUT2D eigenvalue weighted by Gasteiger charge is 2.13. The van der Waals surface area contributed by atoms with Crippen LogP contribution >= 0.6 is 11.3 Å². The van der Waals surface area contributed by atoms with E-state index >= 15 is 0 Å². The molecular weight excluding hydrogens is 350 g/mol. The Bertz CT molecular complexity index is 924. The van der Waals surface area contributed by atoms with Crippen LogP contribution in [0.2, 0.25) is 0 Å². The van der Waals surface area contributed by atoms with Gasteiger partial charge in [0.25, 0.3) is 5.69 Å². The summed E-state index contributed by atoms with van der Waals surface area (Å²) in [6.07, 6.45) is 2.62. The first-order chi connectivity index (χ1) is 12.5. The molecule has 0 spiro atoms. The summed E-state index contributed by atoms with van der Waals surface area (Å²) < 4.78 is 0. The first-order valence-corrected chi connectivity index (χ1v) is 9.09. The van der Waals surface area contributed by atoms with Crippen molar-refractivity contribution in [1.82, 2.24) is 15.0 Å². The minimum Gasteiger partial charge on any atom is -0.361 e. The van der Waals surface area contributed by atoms with Gasteiger partial charge >= 0.3 is 0 Å². The number of aryl methyl sites for hydroxylation is 2. The monoisotopic (exact) mass is 369 g/mol. The van der Waals surface area contributed by atoms with Crippen LogP contribution in [0, 0.1) is 17.0 Å². The van der Waals surface area contributed by atoms with E-state index in [0.717, 1.165) is 27.6 Å². The number of rotatable bonds is 6. The molecule has 3 rings (SSSR count). The zero-order chi connectivity index (χ0) is 18.7. The Morgan fingerprint density at radius 1 is 1.27 bits per heavy atom. The number of aromatic nitrogens is 3. The second kappa shape index (κ2) is 7.57. The Balaban J connectivity index is 1.89. The van der Waals surface area contributed by atoms with Crippen LogP contribution in [0.4, 0.5) is 11.5 Å². The molecule has 1 unspecified atom stereocenters. The second-order valence-corrected chi connectivity index (χ2v) is 7.17. The molecule has 7 nitrogen and oxygen atoms in total. The average molecular weight is 369 g/mol. The predicted octanol–water partition coefficient (Wildman–Crippen LogP) is 4.55. The molecule has 0 saturated carbocycles. The van der Waals surface area contributed by atoms with Crippen molar-refractivity contribution in [3.8, 4) is 11.4 Å². The summed E-state index contributed by atoms with van der Waals surface area (Å²) in [7, 11) is 0. The third-order valence-corrected chi connectivity index (χ3v) is 4.95. The fraction of sp³-hybridized carbons (Fsp3) is 0.278. The summed E-state index contributed by atoms with van der Waals surface area (Å²) in [5, 5.41) is 15.2. The number of nitrogens with zero attached hydrogens (tertiary/aromatic N) is 4. The highest BCUT2D eigenvalue weighted by molar-refractivity contribution is 7.11. The summed E-state index contributed by atoms with van der Waals surface area (Å²) in [5.74, 6) is 1.26. The van der Waals surface area contributed by atoms with Gasteiger partial charge in [-0.25, -0.2) is 15.0 Å². The maximum absolute atomic E-state index is 10.8. The van der Waals surface area contributed by atoms with Gasteiger partial charge in [-0.05, 0) is 32.4 Å². The molecule has 1 atom stereocenters. The first kappa shape index (κ1) is 17.9. The van der Waals surface area contributed by atoms with E-state index < -0.39 is 4.92 Å². The number of non-ortho nitro benzene ring substituents is 1. The number of thiazole rings is 1. The standard InChI is InChI=1S/C18H19N5O2S/c1-4-14-9-16(20-12(3)18-19-10-11(2)26-18)22-17(21-14)13-5-7-15(8-6-13)23(24)25/h5-10,12H,4H2,1-3H3,(H,20,21,22). The van der Waals surface area contributed by atoms with Crippen molar-refractivity contribution < 1.29 is 4.92 Å². The van der Waals surface area contributed by atoms with Crippen molar-refractivity contribution in [2.75, 3.05) is 5.32 Å². The lowest BCUT2D eigenvalue weighted by Crippen LogP contribution is -2.09. The van der Waals surface area contributed by atoms with Crippen molar-refractivity contribution >= 4 is 22.8 Å². The van der Waals surface area contributed by atoms with Gasteiger partial charge in [0.15, 0.2) is 5.82 Å². The van der Waals surface area contributed by atoms with Gasteiger partial charge in [-0.15, -0.1) is 11.3 Å². The molecule has 0 bridgehead atoms. The van der Waals surface area contributed by atoms with E-state index in [0.29, 0.717) is 11.6 Å². The van der Waals surface area contributed by atoms with Crippen LogP contribution in [0.5, 0.6) is 0 Å². The third-order valence-electron chi connectivity index (χ3n) is 3.85. The van der Waals surface area contributed by atoms with Gasteiger partial charge in [-0.1, -0.05) is 6.92 Å². The molecule has 26 heavy (non-hydrogen) atoms. The topological polar surface area (TPSA) is 93.8 Å². The van der Waals surface area contributed by atoms with Gasteiger partial charge in [0, 0.05) is 40.5 Å². The van der Waals surface area contributed by atoms with Gasteiger partial charge in [-0.3, -0.25) is 10.1 Å². The molecule has 2 aromatic heterocycles. The normalized spacial score (nSPS) is 12.0. The Morgan fingerprint density at radius 2 is 2.00 bits per heavy atom. The lowest BCUT2D eigenvalue weighted by Gasteiger charge is -2.14. The number of nitro benzene ring substituents is 1. The number of anilines is 1. The fourth-order valence-corrected chi connectivity index (χ4v) is 3.25. The van der Waals surface area contributed by atoms with Crippen molar-refractivity contribution in [3.05, 3.63) is 62.2 Å². The van der Waals surface area contributed by atoms with Crippen LogP contribution in [0.25, 0.3) is 11.4 Å².